The molecule has 0 atom stereocenters. The summed E-state index contributed by atoms with van der Waals surface area (Å²) in [4.78, 5) is 61.7. The Kier molecular flexibility index (Phi) is 20.5. The van der Waals surface area contributed by atoms with Crippen molar-refractivity contribution in [1.82, 2.24) is 0 Å². The molecule has 0 radical (unpaired) electrons. The van der Waals surface area contributed by atoms with Gasteiger partial charge in [-0.2, -0.15) is 0 Å². The Hall–Kier alpha value is -5.66. The van der Waals surface area contributed by atoms with Gasteiger partial charge in [-0.05, 0) is 137 Å². The Balaban J connectivity index is 1.54. The average Bonchev–Trinajstić information content (AvgIpc) is 3.32. The number of aryl methyl sites for hydroxylation is 2. The molecule has 1 aliphatic carbocycles. The van der Waals surface area contributed by atoms with Gasteiger partial charge in [0.1, 0.15) is 44.6 Å². The molecule has 0 unspecified atom stereocenters. The van der Waals surface area contributed by atoms with Crippen LogP contribution in [0.2, 0.25) is 0 Å². The lowest BCUT2D eigenvalue weighted by Gasteiger charge is -2.39. The Bertz CT molecular complexity index is 2010. The van der Waals surface area contributed by atoms with Gasteiger partial charge >= 0.3 is 30.2 Å². The molecule has 68 heavy (non-hydrogen) atoms. The molecular formula is C54H71FO13. The minimum atomic E-state index is -1.00. The molecule has 0 aromatic heterocycles. The van der Waals surface area contributed by atoms with Crippen molar-refractivity contribution in [3.8, 4) is 16.9 Å². The molecule has 0 spiro atoms. The van der Waals surface area contributed by atoms with Crippen molar-refractivity contribution in [3.63, 3.8) is 0 Å². The van der Waals surface area contributed by atoms with Crippen LogP contribution in [0.5, 0.6) is 5.75 Å². The molecule has 1 saturated carbocycles. The fourth-order valence-corrected chi connectivity index (χ4v) is 9.37. The highest BCUT2D eigenvalue weighted by atomic mass is 19.1. The first-order chi connectivity index (χ1) is 32.6. The maximum Gasteiger partial charge on any atom is 0.508 e. The second kappa shape index (κ2) is 26.2. The van der Waals surface area contributed by atoms with E-state index in [-0.39, 0.29) is 87.2 Å². The van der Waals surface area contributed by atoms with Crippen LogP contribution in [0, 0.1) is 29.0 Å². The number of carbonyl (C=O) groups is 5. The number of carbonyl (C=O) groups excluding carboxylic acids is 5. The molecule has 3 aliphatic rings. The summed E-state index contributed by atoms with van der Waals surface area (Å²) in [5, 5.41) is 0. The highest BCUT2D eigenvalue weighted by Crippen LogP contribution is 2.42. The maximum absolute atomic E-state index is 16.6. The van der Waals surface area contributed by atoms with Gasteiger partial charge < -0.3 is 37.9 Å². The largest absolute Gasteiger partial charge is 0.508 e. The summed E-state index contributed by atoms with van der Waals surface area (Å²) in [5.74, 6) is -1.15. The van der Waals surface area contributed by atoms with Crippen molar-refractivity contribution in [2.45, 2.75) is 124 Å². The first-order valence-corrected chi connectivity index (χ1v) is 24.2. The monoisotopic (exact) mass is 946 g/mol. The lowest BCUT2D eigenvalue weighted by molar-refractivity contribution is -0.146. The van der Waals surface area contributed by atoms with Crippen molar-refractivity contribution < 1.29 is 66.3 Å². The Labute approximate surface area is 401 Å². The maximum atomic E-state index is 16.6. The van der Waals surface area contributed by atoms with Gasteiger partial charge in [-0.25, -0.2) is 28.4 Å². The summed E-state index contributed by atoms with van der Waals surface area (Å²) in [7, 11) is 0. The summed E-state index contributed by atoms with van der Waals surface area (Å²) in [6.07, 6.45) is 9.84. The van der Waals surface area contributed by atoms with Crippen molar-refractivity contribution >= 4 is 30.2 Å². The van der Waals surface area contributed by atoms with E-state index in [9.17, 15) is 24.0 Å². The van der Waals surface area contributed by atoms with Crippen molar-refractivity contribution in [2.24, 2.45) is 23.2 Å². The molecule has 13 nitrogen and oxygen atoms in total. The van der Waals surface area contributed by atoms with Gasteiger partial charge in [0.15, 0.2) is 0 Å². The van der Waals surface area contributed by atoms with Gasteiger partial charge in [-0.3, -0.25) is 0 Å². The number of benzene rings is 2. The van der Waals surface area contributed by atoms with Crippen LogP contribution in [-0.2, 0) is 60.4 Å². The molecule has 0 amide bonds. The molecule has 2 heterocycles. The van der Waals surface area contributed by atoms with E-state index in [1.165, 1.54) is 25.7 Å². The highest BCUT2D eigenvalue weighted by Gasteiger charge is 2.42. The van der Waals surface area contributed by atoms with Crippen LogP contribution in [0.15, 0.2) is 66.8 Å². The number of hydrogen-bond donors (Lipinski definition) is 0. The van der Waals surface area contributed by atoms with Gasteiger partial charge in [0, 0.05) is 39.5 Å². The van der Waals surface area contributed by atoms with E-state index < -0.39 is 35.6 Å². The van der Waals surface area contributed by atoms with Gasteiger partial charge in [0.2, 0.25) is 0 Å². The minimum absolute atomic E-state index is 0.0485. The molecule has 5 rings (SSSR count). The topological polar surface area (TPSA) is 159 Å². The second-order valence-corrected chi connectivity index (χ2v) is 19.1. The lowest BCUT2D eigenvalue weighted by Crippen LogP contribution is -2.43. The van der Waals surface area contributed by atoms with Crippen LogP contribution in [0.1, 0.15) is 127 Å². The van der Waals surface area contributed by atoms with E-state index in [0.717, 1.165) is 37.2 Å². The van der Waals surface area contributed by atoms with Crippen LogP contribution in [0.3, 0.4) is 0 Å². The zero-order valence-electron chi connectivity index (χ0n) is 40.6. The SMILES string of the molecule is C=C(C)C(=O)OCCCc1cc(-c2ccc(C3CCC(CCCCC)CC3)cc2F)cc(CCCOC(=O)C(=C)C)c1OCC(COC(=O)C(=C)C)(CC1COC(=O)OC1)CC1COC(=O)OC1. The van der Waals surface area contributed by atoms with Crippen LogP contribution >= 0.6 is 0 Å². The predicted octanol–water partition coefficient (Wildman–Crippen LogP) is 11.3. The predicted molar refractivity (Wildman–Crippen MR) is 253 cm³/mol. The van der Waals surface area contributed by atoms with E-state index in [1.54, 1.807) is 26.8 Å². The fraction of sp³-hybridized carbons (Fsp3) is 0.574. The van der Waals surface area contributed by atoms with Crippen molar-refractivity contribution in [3.05, 3.63) is 89.3 Å². The third-order valence-electron chi connectivity index (χ3n) is 13.0. The normalized spacial score (nSPS) is 17.7. The third-order valence-corrected chi connectivity index (χ3v) is 13.0. The van der Waals surface area contributed by atoms with Crippen LogP contribution in [0.25, 0.3) is 11.1 Å². The Morgan fingerprint density at radius 2 is 1.16 bits per heavy atom. The van der Waals surface area contributed by atoms with Crippen LogP contribution in [0.4, 0.5) is 14.0 Å². The zero-order chi connectivity index (χ0) is 49.2. The third kappa shape index (κ3) is 16.3. The van der Waals surface area contributed by atoms with E-state index >= 15 is 4.39 Å². The summed E-state index contributed by atoms with van der Waals surface area (Å²) in [6.45, 7) is 18.2. The number of esters is 3. The standard InChI is InChI=1S/C54H71FO13/c1-8-9-10-13-38-16-18-41(19-17-38)42-20-21-46(47(55)26-42)45-24-43(14-11-22-61-49(56)35(2)3)48(44(25-45)15-12-23-62-50(57)36(4)5)67-33-54(34-68-51(58)37(6)7,27-39-29-63-52(59)64-30-39)28-40-31-65-53(60)66-32-40/h20-21,24-26,38-41H,2,4,6,8-19,22-23,27-34H2,1,3,5,7H3. The highest BCUT2D eigenvalue weighted by molar-refractivity contribution is 5.87. The molecule has 0 bridgehead atoms. The Morgan fingerprint density at radius 1 is 0.662 bits per heavy atom. The molecule has 372 valence electrons. The number of cyclic esters (lactones) is 4. The zero-order valence-corrected chi connectivity index (χ0v) is 40.6. The molecule has 14 heteroatoms. The van der Waals surface area contributed by atoms with Gasteiger partial charge in [-0.1, -0.05) is 64.5 Å². The Morgan fingerprint density at radius 3 is 1.63 bits per heavy atom. The van der Waals surface area contributed by atoms with E-state index in [2.05, 4.69) is 26.7 Å². The average molecular weight is 947 g/mol. The summed E-state index contributed by atoms with van der Waals surface area (Å²) in [6, 6.07) is 9.35. The second-order valence-electron chi connectivity index (χ2n) is 19.1. The summed E-state index contributed by atoms with van der Waals surface area (Å²) in [5.41, 5.74) is 3.15. The van der Waals surface area contributed by atoms with Crippen molar-refractivity contribution in [1.29, 1.82) is 0 Å². The summed E-state index contributed by atoms with van der Waals surface area (Å²) >= 11 is 0. The number of unbranched alkanes of at least 4 members (excludes halogenated alkanes) is 2. The van der Waals surface area contributed by atoms with E-state index in [4.69, 9.17) is 37.9 Å². The first-order valence-electron chi connectivity index (χ1n) is 24.2. The fourth-order valence-electron chi connectivity index (χ4n) is 9.37. The number of hydrogen-bond acceptors (Lipinski definition) is 13. The lowest BCUT2D eigenvalue weighted by atomic mass is 9.74. The first kappa shape index (κ1) is 53.3. The smallest absolute Gasteiger partial charge is 0.492 e. The number of rotatable bonds is 26. The van der Waals surface area contributed by atoms with Gasteiger partial charge in [0.25, 0.3) is 0 Å². The quantitative estimate of drug-likeness (QED) is 0.0380. The molecule has 0 N–H and O–H groups in total. The van der Waals surface area contributed by atoms with Crippen LogP contribution in [-0.4, -0.2) is 83.1 Å². The summed E-state index contributed by atoms with van der Waals surface area (Å²) < 4.78 is 61.5. The molecule has 2 saturated heterocycles. The van der Waals surface area contributed by atoms with Crippen LogP contribution < -0.4 is 4.74 Å². The molecule has 2 aromatic carbocycles. The molecule has 3 fully saturated rings. The number of ether oxygens (including phenoxy) is 8. The van der Waals surface area contributed by atoms with Crippen molar-refractivity contribution in [2.75, 3.05) is 52.9 Å². The van der Waals surface area contributed by atoms with Gasteiger partial charge in [-0.15, -0.1) is 0 Å². The molecule has 2 aliphatic heterocycles. The van der Waals surface area contributed by atoms with E-state index in [1.807, 2.05) is 24.3 Å². The minimum Gasteiger partial charge on any atom is -0.492 e. The van der Waals surface area contributed by atoms with E-state index in [0.29, 0.717) is 72.4 Å². The molecule has 2 aromatic rings. The molecular weight excluding hydrogens is 876 g/mol. The number of halogens is 1. The van der Waals surface area contributed by atoms with Gasteiger partial charge in [0.05, 0.1) is 19.8 Å².